The van der Waals surface area contributed by atoms with Gasteiger partial charge < -0.3 is 15.2 Å². The van der Waals surface area contributed by atoms with Crippen LogP contribution in [-0.2, 0) is 9.47 Å². The van der Waals surface area contributed by atoms with Crippen molar-refractivity contribution >= 4 is 23.1 Å². The zero-order valence-corrected chi connectivity index (χ0v) is 13.9. The molecule has 10 heteroatoms. The van der Waals surface area contributed by atoms with Gasteiger partial charge in [0.1, 0.15) is 16.3 Å². The normalized spacial score (nSPS) is 31.4. The van der Waals surface area contributed by atoms with E-state index in [0.29, 0.717) is 5.56 Å². The molecule has 1 aromatic rings. The highest BCUT2D eigenvalue weighted by molar-refractivity contribution is 6.32. The van der Waals surface area contributed by atoms with Gasteiger partial charge in [0.05, 0.1) is 17.1 Å². The fourth-order valence-corrected chi connectivity index (χ4v) is 4.06. The van der Waals surface area contributed by atoms with Crippen LogP contribution in [0.25, 0.3) is 0 Å². The van der Waals surface area contributed by atoms with Crippen LogP contribution >= 0.6 is 11.6 Å². The molecule has 0 radical (unpaired) electrons. The van der Waals surface area contributed by atoms with Gasteiger partial charge in [0.25, 0.3) is 11.6 Å². The Balaban J connectivity index is 2.25. The molecule has 3 atom stereocenters. The van der Waals surface area contributed by atoms with Gasteiger partial charge in [-0.3, -0.25) is 10.1 Å². The molecule has 1 heterocycles. The number of benzene rings is 1. The summed E-state index contributed by atoms with van der Waals surface area (Å²) in [5, 5.41) is 30.8. The molecular weight excluding hydrogens is 350 g/mol. The molecule has 1 aliphatic heterocycles. The lowest BCUT2D eigenvalue weighted by Crippen LogP contribution is -2.41. The molecule has 1 saturated carbocycles. The molecule has 1 aromatic carbocycles. The number of nitrogens with zero attached hydrogens (tertiary/aromatic N) is 4. The second kappa shape index (κ2) is 5.14. The van der Waals surface area contributed by atoms with Gasteiger partial charge in [0.15, 0.2) is 5.41 Å². The average molecular weight is 362 g/mol. The van der Waals surface area contributed by atoms with E-state index in [4.69, 9.17) is 26.8 Å². The largest absolute Gasteiger partial charge is 0.386 e. The van der Waals surface area contributed by atoms with Crippen molar-refractivity contribution in [3.05, 3.63) is 38.9 Å². The van der Waals surface area contributed by atoms with Crippen LogP contribution in [0.5, 0.6) is 0 Å². The topological polar surface area (TPSA) is 148 Å². The predicted octanol–water partition coefficient (Wildman–Crippen LogP) is 1.68. The number of methoxy groups -OCH3 is 2. The fraction of sp³-hybridized carbons (Fsp3) is 0.400. The first kappa shape index (κ1) is 17.1. The summed E-state index contributed by atoms with van der Waals surface area (Å²) < 4.78 is 10.6. The van der Waals surface area contributed by atoms with Crippen molar-refractivity contribution in [2.45, 2.75) is 11.8 Å². The molecule has 2 aliphatic rings. The third-order valence-corrected chi connectivity index (χ3v) is 5.30. The Morgan fingerprint density at radius 3 is 2.48 bits per heavy atom. The zero-order chi connectivity index (χ0) is 18.6. The first-order valence-electron chi connectivity index (χ1n) is 7.04. The third-order valence-electron chi connectivity index (χ3n) is 4.98. The Hall–Kier alpha value is -2.72. The predicted molar refractivity (Wildman–Crippen MR) is 85.3 cm³/mol. The summed E-state index contributed by atoms with van der Waals surface area (Å²) in [7, 11) is 2.57. The highest BCUT2D eigenvalue weighted by atomic mass is 35.5. The maximum Gasteiger partial charge on any atom is 0.292 e. The molecule has 0 bridgehead atoms. The number of halogens is 1. The van der Waals surface area contributed by atoms with Crippen LogP contribution in [0.15, 0.2) is 23.2 Å². The number of nitrogens with two attached hydrogens (primary N) is 1. The third kappa shape index (κ3) is 1.65. The lowest BCUT2D eigenvalue weighted by Gasteiger charge is -2.29. The van der Waals surface area contributed by atoms with Gasteiger partial charge in [0.2, 0.25) is 0 Å². The van der Waals surface area contributed by atoms with Crippen LogP contribution in [0.4, 0.5) is 5.69 Å². The summed E-state index contributed by atoms with van der Waals surface area (Å²) in [4.78, 5) is 14.6. The van der Waals surface area contributed by atoms with E-state index >= 15 is 0 Å². The Kier molecular flexibility index (Phi) is 3.52. The monoisotopic (exact) mass is 361 g/mol. The van der Waals surface area contributed by atoms with Crippen LogP contribution in [0.2, 0.25) is 5.02 Å². The molecule has 25 heavy (non-hydrogen) atoms. The van der Waals surface area contributed by atoms with Crippen molar-refractivity contribution in [2.75, 3.05) is 14.2 Å². The van der Waals surface area contributed by atoms with Crippen molar-refractivity contribution in [3.63, 3.8) is 0 Å². The first-order valence-corrected chi connectivity index (χ1v) is 7.42. The second-order valence-electron chi connectivity index (χ2n) is 5.73. The van der Waals surface area contributed by atoms with Crippen molar-refractivity contribution in [3.8, 4) is 12.1 Å². The highest BCUT2D eigenvalue weighted by Gasteiger charge is 2.93. The summed E-state index contributed by atoms with van der Waals surface area (Å²) in [5.41, 5.74) is 2.92. The molecule has 0 amide bonds. The number of rotatable bonds is 4. The molecule has 1 aliphatic carbocycles. The number of fused-ring (bicyclic) bond motifs is 1. The maximum atomic E-state index is 11.2. The Labute approximate surface area is 147 Å². The number of amidine groups is 1. The first-order chi connectivity index (χ1) is 11.8. The van der Waals surface area contributed by atoms with E-state index in [2.05, 4.69) is 17.1 Å². The van der Waals surface area contributed by atoms with Gasteiger partial charge >= 0.3 is 0 Å². The van der Waals surface area contributed by atoms with Crippen LogP contribution < -0.4 is 5.73 Å². The van der Waals surface area contributed by atoms with Gasteiger partial charge in [-0.1, -0.05) is 17.7 Å². The average Bonchev–Trinajstić information content (AvgIpc) is 3.18. The van der Waals surface area contributed by atoms with Crippen molar-refractivity contribution in [1.82, 2.24) is 0 Å². The van der Waals surface area contributed by atoms with Gasteiger partial charge in [-0.25, -0.2) is 4.99 Å². The summed E-state index contributed by atoms with van der Waals surface area (Å²) in [6, 6.07) is 8.21. The summed E-state index contributed by atoms with van der Waals surface area (Å²) >= 11 is 5.84. The number of hydrogen-bond donors (Lipinski definition) is 1. The highest BCUT2D eigenvalue weighted by Crippen LogP contribution is 2.81. The molecule has 1 fully saturated rings. The van der Waals surface area contributed by atoms with Gasteiger partial charge in [0, 0.05) is 26.2 Å². The van der Waals surface area contributed by atoms with Crippen LogP contribution in [0, 0.1) is 43.6 Å². The number of nitriles is 2. The van der Waals surface area contributed by atoms with Crippen molar-refractivity contribution < 1.29 is 14.4 Å². The second-order valence-corrected chi connectivity index (χ2v) is 6.13. The molecule has 3 rings (SSSR count). The number of hydrogen-bond acceptors (Lipinski definition) is 8. The van der Waals surface area contributed by atoms with Crippen molar-refractivity contribution in [2.24, 2.45) is 21.6 Å². The lowest BCUT2D eigenvalue weighted by molar-refractivity contribution is -0.384. The minimum atomic E-state index is -1.78. The van der Waals surface area contributed by atoms with E-state index in [-0.39, 0.29) is 16.5 Å². The number of nitro groups is 1. The maximum absolute atomic E-state index is 11.2. The lowest BCUT2D eigenvalue weighted by atomic mass is 9.93. The van der Waals surface area contributed by atoms with E-state index in [1.807, 2.05) is 0 Å². The Morgan fingerprint density at radius 2 is 2.00 bits per heavy atom. The standard InChI is InChI=1S/C15H12ClN5O4/c1-24-15(25-2)14(7-18)11(13(14,6-17)12(19)20-15)8-3-4-9(16)10(5-8)21(22)23/h3-5,11H,1-2H3,(H2,19,20)/t11-,13+,14+/m0/s1. The molecule has 9 nitrogen and oxygen atoms in total. The number of aliphatic imine (C=N–C) groups is 1. The minimum Gasteiger partial charge on any atom is -0.386 e. The Bertz CT molecular complexity index is 900. The summed E-state index contributed by atoms with van der Waals surface area (Å²) in [6.07, 6.45) is 0. The fourth-order valence-electron chi connectivity index (χ4n) is 3.87. The van der Waals surface area contributed by atoms with Crippen LogP contribution in [0.3, 0.4) is 0 Å². The van der Waals surface area contributed by atoms with E-state index in [9.17, 15) is 20.6 Å². The van der Waals surface area contributed by atoms with E-state index in [0.717, 1.165) is 0 Å². The summed E-state index contributed by atoms with van der Waals surface area (Å²) in [6.45, 7) is 0. The van der Waals surface area contributed by atoms with Crippen molar-refractivity contribution in [1.29, 1.82) is 10.5 Å². The molecule has 0 saturated heterocycles. The van der Waals surface area contributed by atoms with Gasteiger partial charge in [-0.2, -0.15) is 10.5 Å². The van der Waals surface area contributed by atoms with E-state index in [1.54, 1.807) is 0 Å². The number of nitro benzene ring substituents is 1. The zero-order valence-electron chi connectivity index (χ0n) is 13.2. The minimum absolute atomic E-state index is 0.0528. The molecule has 0 aromatic heterocycles. The van der Waals surface area contributed by atoms with Gasteiger partial charge in [-0.15, -0.1) is 0 Å². The molecule has 0 unspecified atom stereocenters. The van der Waals surface area contributed by atoms with Crippen LogP contribution in [0.1, 0.15) is 11.5 Å². The Morgan fingerprint density at radius 1 is 1.36 bits per heavy atom. The van der Waals surface area contributed by atoms with Crippen LogP contribution in [-0.4, -0.2) is 30.9 Å². The molecule has 0 spiro atoms. The van der Waals surface area contributed by atoms with Gasteiger partial charge in [-0.05, 0) is 11.6 Å². The van der Waals surface area contributed by atoms with E-state index < -0.39 is 27.6 Å². The molecular formula is C15H12ClN5O4. The SMILES string of the molecule is COC1(OC)N=C(N)[C@@]2(C#N)[C@H](c3ccc(Cl)c([N+](=O)[O-])c3)[C@@]12C#N. The quantitative estimate of drug-likeness (QED) is 0.487. The van der Waals surface area contributed by atoms with E-state index in [1.165, 1.54) is 32.4 Å². The number of ether oxygens (including phenoxy) is 2. The smallest absolute Gasteiger partial charge is 0.292 e. The molecule has 128 valence electrons. The summed E-state index contributed by atoms with van der Waals surface area (Å²) in [5.74, 6) is -2.70. The molecule has 2 N–H and O–H groups in total.